The lowest BCUT2D eigenvalue weighted by Gasteiger charge is -2.37. The third-order valence-electron chi connectivity index (χ3n) is 8.70. The first-order valence-corrected chi connectivity index (χ1v) is 13.1. The molecule has 0 radical (unpaired) electrons. The van der Waals surface area contributed by atoms with Crippen molar-refractivity contribution < 1.29 is 19.1 Å². The molecule has 3 aromatic carbocycles. The maximum absolute atomic E-state index is 13.2. The maximum Gasteiger partial charge on any atom is 0.338 e. The van der Waals surface area contributed by atoms with E-state index >= 15 is 0 Å². The average molecular weight is 481 g/mol. The van der Waals surface area contributed by atoms with Crippen LogP contribution >= 0.6 is 0 Å². The van der Waals surface area contributed by atoms with Gasteiger partial charge in [0.15, 0.2) is 0 Å². The summed E-state index contributed by atoms with van der Waals surface area (Å²) in [7, 11) is 0. The van der Waals surface area contributed by atoms with Gasteiger partial charge in [-0.05, 0) is 84.0 Å². The van der Waals surface area contributed by atoms with Gasteiger partial charge in [-0.2, -0.15) is 0 Å². The summed E-state index contributed by atoms with van der Waals surface area (Å²) >= 11 is 0. The normalized spacial score (nSPS) is 27.6. The van der Waals surface area contributed by atoms with Crippen molar-refractivity contribution in [1.29, 1.82) is 0 Å². The fourth-order valence-electron chi connectivity index (χ4n) is 7.24. The molecule has 184 valence electrons. The summed E-state index contributed by atoms with van der Waals surface area (Å²) in [5, 5.41) is 0. The van der Waals surface area contributed by atoms with Gasteiger partial charge in [0.2, 0.25) is 0 Å². The third-order valence-corrected chi connectivity index (χ3v) is 8.70. The molecule has 2 bridgehead atoms. The Balaban J connectivity index is 1.36. The minimum Gasteiger partial charge on any atom is -0.455 e. The van der Waals surface area contributed by atoms with E-state index in [9.17, 15) is 9.59 Å². The zero-order valence-electron chi connectivity index (χ0n) is 21.0. The number of carbonyl (C=O) groups excluding carboxylic acids is 2. The number of fused-ring (bicyclic) bond motifs is 7. The zero-order chi connectivity index (χ0) is 25.0. The molecule has 36 heavy (non-hydrogen) atoms. The molecular formula is C32H32O4. The highest BCUT2D eigenvalue weighted by Crippen LogP contribution is 2.64. The number of esters is 2. The lowest BCUT2D eigenvalue weighted by molar-refractivity contribution is -0.0698. The van der Waals surface area contributed by atoms with Crippen LogP contribution in [0.2, 0.25) is 0 Å². The van der Waals surface area contributed by atoms with Crippen molar-refractivity contribution in [2.75, 3.05) is 0 Å². The lowest BCUT2D eigenvalue weighted by atomic mass is 9.76. The molecule has 0 aliphatic heterocycles. The number of aryl methyl sites for hydroxylation is 1. The van der Waals surface area contributed by atoms with Crippen LogP contribution in [0.4, 0.5) is 0 Å². The molecule has 4 heteroatoms. The number of hydrogen-bond acceptors (Lipinski definition) is 4. The Bertz CT molecular complexity index is 1300. The number of ether oxygens (including phenoxy) is 2. The second-order valence-electron chi connectivity index (χ2n) is 10.9. The van der Waals surface area contributed by atoms with Crippen LogP contribution in [-0.2, 0) is 15.9 Å². The van der Waals surface area contributed by atoms with E-state index in [1.807, 2.05) is 36.4 Å². The Morgan fingerprint density at radius 2 is 1.31 bits per heavy atom. The van der Waals surface area contributed by atoms with E-state index in [0.717, 1.165) is 12.8 Å². The van der Waals surface area contributed by atoms with E-state index in [1.54, 1.807) is 24.3 Å². The Kier molecular flexibility index (Phi) is 5.70. The fraction of sp³-hybridized carbons (Fsp3) is 0.375. The van der Waals surface area contributed by atoms with E-state index in [0.29, 0.717) is 28.9 Å². The summed E-state index contributed by atoms with van der Waals surface area (Å²) in [5.74, 6) is 0.815. The molecule has 0 aromatic heterocycles. The van der Waals surface area contributed by atoms with Crippen LogP contribution in [0.3, 0.4) is 0 Å². The van der Waals surface area contributed by atoms with E-state index in [2.05, 4.69) is 32.9 Å². The smallest absolute Gasteiger partial charge is 0.338 e. The molecule has 6 unspecified atom stereocenters. The molecule has 6 rings (SSSR count). The monoisotopic (exact) mass is 480 g/mol. The topological polar surface area (TPSA) is 52.6 Å². The summed E-state index contributed by atoms with van der Waals surface area (Å²) < 4.78 is 12.4. The van der Waals surface area contributed by atoms with Crippen LogP contribution in [0.15, 0.2) is 72.8 Å². The first-order valence-electron chi connectivity index (χ1n) is 13.1. The number of benzene rings is 3. The SMILES string of the molecule is Cc1ccc(C(C)C)c2c1C1C(C2)C2CC1C(OC(=O)c1ccccc1)C2OC(=O)c1ccccc1. The van der Waals surface area contributed by atoms with Crippen LogP contribution in [0, 0.1) is 24.7 Å². The van der Waals surface area contributed by atoms with Crippen molar-refractivity contribution in [3.8, 4) is 0 Å². The summed E-state index contributed by atoms with van der Waals surface area (Å²) in [6, 6.07) is 22.7. The average Bonchev–Trinajstić information content (AvgIpc) is 3.55. The summed E-state index contributed by atoms with van der Waals surface area (Å²) in [6.45, 7) is 6.71. The summed E-state index contributed by atoms with van der Waals surface area (Å²) in [6.07, 6.45) is 1.03. The van der Waals surface area contributed by atoms with Gasteiger partial charge >= 0.3 is 11.9 Å². The summed E-state index contributed by atoms with van der Waals surface area (Å²) in [4.78, 5) is 26.3. The van der Waals surface area contributed by atoms with Crippen LogP contribution in [0.1, 0.15) is 75.1 Å². The molecule has 3 aromatic rings. The maximum atomic E-state index is 13.2. The highest BCUT2D eigenvalue weighted by Gasteiger charge is 2.64. The first-order chi connectivity index (χ1) is 17.4. The van der Waals surface area contributed by atoms with Crippen LogP contribution in [-0.4, -0.2) is 24.1 Å². The van der Waals surface area contributed by atoms with E-state index in [1.165, 1.54) is 22.3 Å². The minimum absolute atomic E-state index is 0.142. The molecule has 3 aliphatic carbocycles. The Hall–Kier alpha value is -3.40. The van der Waals surface area contributed by atoms with Crippen molar-refractivity contribution >= 4 is 11.9 Å². The molecule has 4 nitrogen and oxygen atoms in total. The molecule has 2 saturated carbocycles. The second kappa shape index (κ2) is 8.92. The molecule has 2 fully saturated rings. The zero-order valence-corrected chi connectivity index (χ0v) is 21.0. The van der Waals surface area contributed by atoms with Gasteiger partial charge in [0.1, 0.15) is 12.2 Å². The molecule has 0 spiro atoms. The van der Waals surface area contributed by atoms with Crippen molar-refractivity contribution in [1.82, 2.24) is 0 Å². The quantitative estimate of drug-likeness (QED) is 0.393. The van der Waals surface area contributed by atoms with Gasteiger partial charge in [0.25, 0.3) is 0 Å². The van der Waals surface area contributed by atoms with Gasteiger partial charge in [-0.25, -0.2) is 9.59 Å². The fourth-order valence-corrected chi connectivity index (χ4v) is 7.24. The van der Waals surface area contributed by atoms with Crippen molar-refractivity contribution in [3.05, 3.63) is 106 Å². The van der Waals surface area contributed by atoms with Gasteiger partial charge in [-0.1, -0.05) is 62.4 Å². The largest absolute Gasteiger partial charge is 0.455 e. The van der Waals surface area contributed by atoms with Crippen LogP contribution in [0.5, 0.6) is 0 Å². The molecule has 3 aliphatic rings. The second-order valence-corrected chi connectivity index (χ2v) is 10.9. The van der Waals surface area contributed by atoms with Crippen molar-refractivity contribution in [2.45, 2.75) is 57.7 Å². The van der Waals surface area contributed by atoms with E-state index in [-0.39, 0.29) is 23.8 Å². The van der Waals surface area contributed by atoms with Crippen LogP contribution in [0.25, 0.3) is 0 Å². The highest BCUT2D eigenvalue weighted by atomic mass is 16.6. The van der Waals surface area contributed by atoms with Crippen molar-refractivity contribution in [2.24, 2.45) is 17.8 Å². The van der Waals surface area contributed by atoms with Gasteiger partial charge in [0.05, 0.1) is 11.1 Å². The van der Waals surface area contributed by atoms with E-state index < -0.39 is 12.2 Å². The first kappa shape index (κ1) is 23.0. The molecule has 6 atom stereocenters. The number of hydrogen-bond donors (Lipinski definition) is 0. The Morgan fingerprint density at radius 1 is 0.750 bits per heavy atom. The summed E-state index contributed by atoms with van der Waals surface area (Å²) in [5.41, 5.74) is 6.71. The van der Waals surface area contributed by atoms with Gasteiger partial charge in [-0.15, -0.1) is 0 Å². The van der Waals surface area contributed by atoms with Crippen LogP contribution < -0.4 is 0 Å². The molecule has 0 saturated heterocycles. The van der Waals surface area contributed by atoms with Gasteiger partial charge in [-0.3, -0.25) is 0 Å². The predicted molar refractivity (Wildman–Crippen MR) is 138 cm³/mol. The third kappa shape index (κ3) is 3.66. The highest BCUT2D eigenvalue weighted by molar-refractivity contribution is 5.90. The predicted octanol–water partition coefficient (Wildman–Crippen LogP) is 6.48. The van der Waals surface area contributed by atoms with Gasteiger partial charge in [0, 0.05) is 11.8 Å². The minimum atomic E-state index is -0.454. The molecule has 0 amide bonds. The molecule has 0 N–H and O–H groups in total. The molecule has 0 heterocycles. The standard InChI is InChI=1S/C32H32O4/c1-18(2)22-15-14-19(3)27-23(22)16-24-25-17-26(28(24)27)30(36-32(34)21-12-8-5-9-13-21)29(25)35-31(33)20-10-6-4-7-11-20/h4-15,18,24-26,28-30H,16-17H2,1-3H3. The number of carbonyl (C=O) groups is 2. The Labute approximate surface area is 212 Å². The van der Waals surface area contributed by atoms with Crippen molar-refractivity contribution in [3.63, 3.8) is 0 Å². The van der Waals surface area contributed by atoms with Gasteiger partial charge < -0.3 is 9.47 Å². The molecular weight excluding hydrogens is 448 g/mol. The van der Waals surface area contributed by atoms with E-state index in [4.69, 9.17) is 9.47 Å². The Morgan fingerprint density at radius 3 is 1.86 bits per heavy atom. The number of rotatable bonds is 5. The lowest BCUT2D eigenvalue weighted by Crippen LogP contribution is -2.45.